The first-order valence-electron chi connectivity index (χ1n) is 18.1. The Balaban J connectivity index is 1.05. The second-order valence-electron chi connectivity index (χ2n) is 14.5. The van der Waals surface area contributed by atoms with Gasteiger partial charge in [-0.1, -0.05) is 48.0 Å². The second kappa shape index (κ2) is 13.8. The lowest BCUT2D eigenvalue weighted by molar-refractivity contribution is -0.130. The summed E-state index contributed by atoms with van der Waals surface area (Å²) in [6.45, 7) is 9.00. The first-order chi connectivity index (χ1) is 25.2. The molecule has 270 valence electrons. The number of rotatable bonds is 8. The Labute approximate surface area is 309 Å². The summed E-state index contributed by atoms with van der Waals surface area (Å²) in [6.07, 6.45) is 5.26. The van der Waals surface area contributed by atoms with E-state index in [2.05, 4.69) is 40.2 Å². The van der Waals surface area contributed by atoms with E-state index >= 15 is 0 Å². The smallest absolute Gasteiger partial charge is 0.237 e. The van der Waals surface area contributed by atoms with Gasteiger partial charge in [0, 0.05) is 87.5 Å². The predicted molar refractivity (Wildman–Crippen MR) is 199 cm³/mol. The Bertz CT molecular complexity index is 2060. The van der Waals surface area contributed by atoms with Crippen molar-refractivity contribution >= 4 is 23.4 Å². The maximum atomic E-state index is 11.9. The maximum Gasteiger partial charge on any atom is 0.237 e. The third-order valence-electron chi connectivity index (χ3n) is 11.4. The van der Waals surface area contributed by atoms with Crippen LogP contribution in [0.5, 0.6) is 11.8 Å². The van der Waals surface area contributed by atoms with Crippen LogP contribution >= 0.6 is 11.6 Å². The number of nitrogens with one attached hydrogen (secondary N) is 1. The molecule has 2 aromatic heterocycles. The number of aryl methyl sites for hydroxylation is 1. The number of amides is 2. The Morgan fingerprint density at radius 1 is 0.942 bits per heavy atom. The van der Waals surface area contributed by atoms with Crippen LogP contribution in [0.4, 0.5) is 0 Å². The van der Waals surface area contributed by atoms with Gasteiger partial charge in [0.25, 0.3) is 0 Å². The molecule has 8 rings (SSSR count). The summed E-state index contributed by atoms with van der Waals surface area (Å²) < 4.78 is 11.7. The summed E-state index contributed by atoms with van der Waals surface area (Å²) in [7, 11) is 3.31. The Kier molecular flexibility index (Phi) is 9.13. The molecule has 1 N–H and O–H groups in total. The molecule has 2 amide bonds. The molecule has 3 aliphatic heterocycles. The highest BCUT2D eigenvalue weighted by molar-refractivity contribution is 6.36. The van der Waals surface area contributed by atoms with Crippen LogP contribution in [0.3, 0.4) is 0 Å². The summed E-state index contributed by atoms with van der Waals surface area (Å²) in [5.74, 6) is 1.40. The molecule has 12 heteroatoms. The third-order valence-corrected chi connectivity index (χ3v) is 11.8. The lowest BCUT2D eigenvalue weighted by Gasteiger charge is -2.50. The van der Waals surface area contributed by atoms with Crippen LogP contribution < -0.4 is 14.8 Å². The van der Waals surface area contributed by atoms with Crippen LogP contribution in [0, 0.1) is 6.92 Å². The van der Waals surface area contributed by atoms with E-state index < -0.39 is 0 Å². The summed E-state index contributed by atoms with van der Waals surface area (Å²) in [5.41, 5.74) is 9.39. The quantitative estimate of drug-likeness (QED) is 0.253. The first kappa shape index (κ1) is 34.5. The van der Waals surface area contributed by atoms with Gasteiger partial charge in [0.05, 0.1) is 42.4 Å². The Morgan fingerprint density at radius 3 is 2.33 bits per heavy atom. The van der Waals surface area contributed by atoms with Crippen molar-refractivity contribution < 1.29 is 19.1 Å². The molecule has 4 aliphatic rings. The molecule has 5 heterocycles. The minimum absolute atomic E-state index is 0.0622. The zero-order valence-corrected chi connectivity index (χ0v) is 30.9. The molecule has 1 spiro atoms. The van der Waals surface area contributed by atoms with Crippen molar-refractivity contribution in [1.82, 2.24) is 35.0 Å². The highest BCUT2D eigenvalue weighted by atomic mass is 35.5. The molecule has 0 radical (unpaired) electrons. The molecule has 52 heavy (non-hydrogen) atoms. The number of hydrogen-bond acceptors (Lipinski definition) is 9. The summed E-state index contributed by atoms with van der Waals surface area (Å²) in [5, 5.41) is 3.79. The van der Waals surface area contributed by atoms with E-state index in [0.29, 0.717) is 48.5 Å². The van der Waals surface area contributed by atoms with Gasteiger partial charge in [0.15, 0.2) is 0 Å². The van der Waals surface area contributed by atoms with Crippen molar-refractivity contribution in [3.8, 4) is 45.4 Å². The molecule has 1 aliphatic carbocycles. The minimum atomic E-state index is -0.0622. The van der Waals surface area contributed by atoms with Gasteiger partial charge in [-0.15, -0.1) is 0 Å². The lowest BCUT2D eigenvalue weighted by atomic mass is 9.86. The first-order valence-corrected chi connectivity index (χ1v) is 18.4. The van der Waals surface area contributed by atoms with Gasteiger partial charge in [-0.25, -0.2) is 9.97 Å². The van der Waals surface area contributed by atoms with E-state index in [1.165, 1.54) is 11.1 Å². The topological polar surface area (TPSA) is 113 Å². The van der Waals surface area contributed by atoms with Crippen molar-refractivity contribution in [2.75, 3.05) is 53.5 Å². The molecule has 11 nitrogen and oxygen atoms in total. The fraction of sp³-hybridized carbons (Fsp3) is 0.425. The number of halogens is 1. The lowest BCUT2D eigenvalue weighted by Crippen LogP contribution is -2.67. The second-order valence-corrected chi connectivity index (χ2v) is 14.9. The molecule has 3 saturated heterocycles. The number of likely N-dealkylation sites (tertiary alicyclic amines) is 1. The van der Waals surface area contributed by atoms with Gasteiger partial charge >= 0.3 is 0 Å². The van der Waals surface area contributed by atoms with Crippen LogP contribution in [0.1, 0.15) is 54.6 Å². The normalized spacial score (nSPS) is 19.8. The van der Waals surface area contributed by atoms with E-state index in [-0.39, 0.29) is 23.4 Å². The van der Waals surface area contributed by atoms with Crippen molar-refractivity contribution in [2.24, 2.45) is 0 Å². The van der Waals surface area contributed by atoms with Gasteiger partial charge in [0.1, 0.15) is 5.69 Å². The van der Waals surface area contributed by atoms with Crippen molar-refractivity contribution in [2.45, 2.75) is 57.7 Å². The number of carbonyl (C=O) groups excluding carboxylic acids is 2. The van der Waals surface area contributed by atoms with Gasteiger partial charge < -0.3 is 19.7 Å². The monoisotopic (exact) mass is 721 g/mol. The fourth-order valence-electron chi connectivity index (χ4n) is 8.58. The molecule has 0 bridgehead atoms. The molecule has 3 fully saturated rings. The zero-order chi connectivity index (χ0) is 36.1. The number of carbonyl (C=O) groups is 2. The van der Waals surface area contributed by atoms with E-state index in [0.717, 1.165) is 84.6 Å². The van der Waals surface area contributed by atoms with E-state index in [1.807, 2.05) is 29.2 Å². The number of aromatic nitrogens is 3. The number of hydrogen-bond donors (Lipinski definition) is 1. The number of piperazine rings is 1. The van der Waals surface area contributed by atoms with E-state index in [9.17, 15) is 9.59 Å². The Morgan fingerprint density at radius 2 is 1.63 bits per heavy atom. The van der Waals surface area contributed by atoms with Crippen LogP contribution in [0.15, 0.2) is 48.7 Å². The van der Waals surface area contributed by atoms with Crippen molar-refractivity contribution in [3.63, 3.8) is 0 Å². The summed E-state index contributed by atoms with van der Waals surface area (Å²) >= 11 is 7.21. The molecular formula is C40H44ClN7O4. The molecule has 1 atom stereocenters. The highest BCUT2D eigenvalue weighted by Crippen LogP contribution is 2.47. The standard InChI is InChI=1S/C40H44ClN7O4/c1-24-27(29-9-6-10-30(37(29)41)32-20-42-33(38(44-32)51-3)21-46-15-17-47(18-16-46)25(2)49)7-5-8-28(24)31-19-26-11-12-34(36(26)39(43-31)52-4)48-22-40(23-48)14-13-35(50)45-40/h5-10,19-20,34H,11-18,21-23H2,1-4H3,(H,45,50). The summed E-state index contributed by atoms with van der Waals surface area (Å²) in [6, 6.07) is 14.7. The number of pyridine rings is 1. The number of fused-ring (bicyclic) bond motifs is 1. The SMILES string of the molecule is COc1nc(-c2cccc(-c3cccc(-c4cc5c(c(OC)n4)C(N4CC6(CCC(=O)N6)C4)CC5)c3C)c2Cl)cnc1CN1CCN(C(C)=O)CC1. The Hall–Kier alpha value is -4.58. The van der Waals surface area contributed by atoms with Crippen LogP contribution in [0.25, 0.3) is 33.6 Å². The molecule has 0 saturated carbocycles. The molecule has 2 aromatic carbocycles. The minimum Gasteiger partial charge on any atom is -0.481 e. The largest absolute Gasteiger partial charge is 0.481 e. The maximum absolute atomic E-state index is 11.9. The number of ether oxygens (including phenoxy) is 2. The number of benzene rings is 2. The van der Waals surface area contributed by atoms with Gasteiger partial charge in [-0.3, -0.25) is 24.4 Å². The van der Waals surface area contributed by atoms with Crippen molar-refractivity contribution in [1.29, 1.82) is 0 Å². The van der Waals surface area contributed by atoms with Crippen molar-refractivity contribution in [3.05, 3.63) is 76.1 Å². The van der Waals surface area contributed by atoms with Gasteiger partial charge in [0.2, 0.25) is 23.6 Å². The average molecular weight is 722 g/mol. The average Bonchev–Trinajstić information content (AvgIpc) is 3.75. The zero-order valence-electron chi connectivity index (χ0n) is 30.2. The molecular weight excluding hydrogens is 678 g/mol. The summed E-state index contributed by atoms with van der Waals surface area (Å²) in [4.78, 5) is 45.0. The molecule has 1 unspecified atom stereocenters. The van der Waals surface area contributed by atoms with Crippen LogP contribution in [-0.2, 0) is 22.6 Å². The fourth-order valence-corrected chi connectivity index (χ4v) is 8.90. The number of methoxy groups -OCH3 is 2. The number of nitrogens with zero attached hydrogens (tertiary/aromatic N) is 6. The van der Waals surface area contributed by atoms with E-state index in [1.54, 1.807) is 27.3 Å². The van der Waals surface area contributed by atoms with Gasteiger partial charge in [-0.2, -0.15) is 0 Å². The van der Waals surface area contributed by atoms with Crippen LogP contribution in [0.2, 0.25) is 5.02 Å². The van der Waals surface area contributed by atoms with E-state index in [4.69, 9.17) is 36.0 Å². The third kappa shape index (κ3) is 6.18. The van der Waals surface area contributed by atoms with Gasteiger partial charge in [-0.05, 0) is 48.9 Å². The molecule has 4 aromatic rings. The highest BCUT2D eigenvalue weighted by Gasteiger charge is 2.51. The van der Waals surface area contributed by atoms with Crippen LogP contribution in [-0.4, -0.2) is 100 Å². The predicted octanol–water partition coefficient (Wildman–Crippen LogP) is 5.47.